The molecule has 0 saturated carbocycles. The Morgan fingerprint density at radius 2 is 2.04 bits per heavy atom. The number of nitrogens with one attached hydrogen (secondary N) is 1. The number of para-hydroxylation sites is 1. The van der Waals surface area contributed by atoms with Gasteiger partial charge in [-0.15, -0.1) is 0 Å². The van der Waals surface area contributed by atoms with Crippen molar-refractivity contribution in [1.82, 2.24) is 0 Å². The Balaban J connectivity index is 2.00. The zero-order valence-electron chi connectivity index (χ0n) is 13.1. The lowest BCUT2D eigenvalue weighted by Crippen LogP contribution is -2.21. The first kappa shape index (κ1) is 17.5. The van der Waals surface area contributed by atoms with Crippen molar-refractivity contribution in [2.24, 2.45) is 0 Å². The highest BCUT2D eigenvalue weighted by atomic mass is 79.9. The molecule has 1 amide bonds. The Morgan fingerprint density at radius 3 is 2.74 bits per heavy atom. The normalized spacial score (nSPS) is 11.8. The van der Waals surface area contributed by atoms with Crippen molar-refractivity contribution >= 4 is 27.5 Å². The van der Waals surface area contributed by atoms with Gasteiger partial charge in [-0.1, -0.05) is 32.0 Å². The minimum atomic E-state index is -0.365. The molecule has 0 aliphatic rings. The average molecular weight is 380 g/mol. The molecule has 0 heterocycles. The summed E-state index contributed by atoms with van der Waals surface area (Å²) >= 11 is 3.21. The van der Waals surface area contributed by atoms with Crippen LogP contribution in [-0.4, -0.2) is 12.5 Å². The van der Waals surface area contributed by atoms with Gasteiger partial charge in [0.25, 0.3) is 5.91 Å². The fraction of sp³-hybridized carbons (Fsp3) is 0.278. The van der Waals surface area contributed by atoms with Gasteiger partial charge in [-0.25, -0.2) is 4.39 Å². The second-order valence-electron chi connectivity index (χ2n) is 5.31. The Kier molecular flexibility index (Phi) is 6.16. The van der Waals surface area contributed by atoms with E-state index in [2.05, 4.69) is 35.1 Å². The smallest absolute Gasteiger partial charge is 0.262 e. The van der Waals surface area contributed by atoms with E-state index in [1.807, 2.05) is 24.3 Å². The Bertz CT molecular complexity index is 690. The molecule has 3 nitrogen and oxygen atoms in total. The number of benzene rings is 2. The molecule has 0 unspecified atom stereocenters. The lowest BCUT2D eigenvalue weighted by Gasteiger charge is -2.16. The van der Waals surface area contributed by atoms with Crippen molar-refractivity contribution in [2.75, 3.05) is 11.9 Å². The summed E-state index contributed by atoms with van der Waals surface area (Å²) in [6.07, 6.45) is 0.992. The molecule has 5 heteroatoms. The van der Waals surface area contributed by atoms with E-state index in [-0.39, 0.29) is 18.3 Å². The number of hydrogen-bond acceptors (Lipinski definition) is 2. The summed E-state index contributed by atoms with van der Waals surface area (Å²) in [6, 6.07) is 11.8. The molecular weight excluding hydrogens is 361 g/mol. The van der Waals surface area contributed by atoms with Crippen LogP contribution in [-0.2, 0) is 4.79 Å². The van der Waals surface area contributed by atoms with E-state index in [1.54, 1.807) is 0 Å². The van der Waals surface area contributed by atoms with Gasteiger partial charge in [0, 0.05) is 5.69 Å². The lowest BCUT2D eigenvalue weighted by atomic mass is 9.97. The summed E-state index contributed by atoms with van der Waals surface area (Å²) in [7, 11) is 0. The molecule has 122 valence electrons. The summed E-state index contributed by atoms with van der Waals surface area (Å²) in [5, 5.41) is 2.87. The van der Waals surface area contributed by atoms with E-state index in [0.29, 0.717) is 16.1 Å². The highest BCUT2D eigenvalue weighted by Gasteiger charge is 2.12. The highest BCUT2D eigenvalue weighted by Crippen LogP contribution is 2.27. The number of ether oxygens (including phenoxy) is 1. The monoisotopic (exact) mass is 379 g/mol. The maximum Gasteiger partial charge on any atom is 0.262 e. The van der Waals surface area contributed by atoms with Crippen molar-refractivity contribution in [3.05, 3.63) is 58.3 Å². The lowest BCUT2D eigenvalue weighted by molar-refractivity contribution is -0.118. The first-order valence-electron chi connectivity index (χ1n) is 7.48. The minimum absolute atomic E-state index is 0.140. The molecular formula is C18H19BrFNO2. The molecule has 0 radical (unpaired) electrons. The first-order valence-corrected chi connectivity index (χ1v) is 8.27. The maximum atomic E-state index is 13.0. The third kappa shape index (κ3) is 4.79. The van der Waals surface area contributed by atoms with Crippen LogP contribution >= 0.6 is 15.9 Å². The molecule has 0 aliphatic carbocycles. The van der Waals surface area contributed by atoms with E-state index in [9.17, 15) is 9.18 Å². The average Bonchev–Trinajstić information content (AvgIpc) is 2.54. The van der Waals surface area contributed by atoms with Gasteiger partial charge >= 0.3 is 0 Å². The standard InChI is InChI=1S/C18H19BrFNO2/c1-3-12(2)14-6-4-5-7-16(14)21-18(22)11-23-17-9-8-13(20)10-15(17)19/h4-10,12H,3,11H2,1-2H3,(H,21,22)/t12-/m1/s1. The van der Waals surface area contributed by atoms with Crippen LogP contribution in [0, 0.1) is 5.82 Å². The molecule has 0 spiro atoms. The third-order valence-corrected chi connectivity index (χ3v) is 4.25. The molecule has 23 heavy (non-hydrogen) atoms. The fourth-order valence-electron chi connectivity index (χ4n) is 2.18. The number of carbonyl (C=O) groups is 1. The van der Waals surface area contributed by atoms with E-state index in [4.69, 9.17) is 4.74 Å². The number of halogens is 2. The van der Waals surface area contributed by atoms with Crippen molar-refractivity contribution in [1.29, 1.82) is 0 Å². The van der Waals surface area contributed by atoms with Gasteiger partial charge < -0.3 is 10.1 Å². The summed E-state index contributed by atoms with van der Waals surface area (Å²) in [6.45, 7) is 4.09. The van der Waals surface area contributed by atoms with Crippen molar-refractivity contribution in [2.45, 2.75) is 26.2 Å². The van der Waals surface area contributed by atoms with E-state index >= 15 is 0 Å². The number of anilines is 1. The van der Waals surface area contributed by atoms with Crippen LogP contribution in [0.15, 0.2) is 46.9 Å². The predicted molar refractivity (Wildman–Crippen MR) is 93.4 cm³/mol. The van der Waals surface area contributed by atoms with Gasteiger partial charge in [-0.2, -0.15) is 0 Å². The van der Waals surface area contributed by atoms with Gasteiger partial charge in [-0.05, 0) is 58.1 Å². The van der Waals surface area contributed by atoms with E-state index in [0.717, 1.165) is 17.7 Å². The second-order valence-corrected chi connectivity index (χ2v) is 6.16. The van der Waals surface area contributed by atoms with E-state index in [1.165, 1.54) is 18.2 Å². The maximum absolute atomic E-state index is 13.0. The molecule has 0 bridgehead atoms. The minimum Gasteiger partial charge on any atom is -0.483 e. The van der Waals surface area contributed by atoms with E-state index < -0.39 is 0 Å². The van der Waals surface area contributed by atoms with Crippen LogP contribution in [0.5, 0.6) is 5.75 Å². The van der Waals surface area contributed by atoms with Crippen LogP contribution in [0.2, 0.25) is 0 Å². The van der Waals surface area contributed by atoms with Crippen molar-refractivity contribution in [3.63, 3.8) is 0 Å². The number of carbonyl (C=O) groups excluding carboxylic acids is 1. The third-order valence-electron chi connectivity index (χ3n) is 3.63. The molecule has 0 aromatic heterocycles. The van der Waals surface area contributed by atoms with Crippen LogP contribution in [0.3, 0.4) is 0 Å². The molecule has 0 saturated heterocycles. The number of hydrogen-bond donors (Lipinski definition) is 1. The summed E-state index contributed by atoms with van der Waals surface area (Å²) in [4.78, 5) is 12.1. The van der Waals surface area contributed by atoms with Gasteiger partial charge in [0.2, 0.25) is 0 Å². The molecule has 1 atom stereocenters. The Morgan fingerprint density at radius 1 is 1.30 bits per heavy atom. The summed E-state index contributed by atoms with van der Waals surface area (Å²) < 4.78 is 18.9. The van der Waals surface area contributed by atoms with Crippen molar-refractivity contribution in [3.8, 4) is 5.75 Å². The SMILES string of the molecule is CC[C@@H](C)c1ccccc1NC(=O)COc1ccc(F)cc1Br. The van der Waals surface area contributed by atoms with Crippen LogP contribution < -0.4 is 10.1 Å². The van der Waals surface area contributed by atoms with Gasteiger partial charge in [0.1, 0.15) is 11.6 Å². The Hall–Kier alpha value is -1.88. The molecule has 0 aliphatic heterocycles. The zero-order valence-corrected chi connectivity index (χ0v) is 14.7. The first-order chi connectivity index (χ1) is 11.0. The molecule has 2 aromatic carbocycles. The molecule has 2 aromatic rings. The second kappa shape index (κ2) is 8.11. The summed E-state index contributed by atoms with van der Waals surface area (Å²) in [5.74, 6) is 0.170. The highest BCUT2D eigenvalue weighted by molar-refractivity contribution is 9.10. The molecule has 1 N–H and O–H groups in total. The Labute approximate surface area is 144 Å². The van der Waals surface area contributed by atoms with Crippen molar-refractivity contribution < 1.29 is 13.9 Å². The van der Waals surface area contributed by atoms with Crippen LogP contribution in [0.25, 0.3) is 0 Å². The van der Waals surface area contributed by atoms with Crippen LogP contribution in [0.4, 0.5) is 10.1 Å². The topological polar surface area (TPSA) is 38.3 Å². The largest absolute Gasteiger partial charge is 0.483 e. The van der Waals surface area contributed by atoms with Gasteiger partial charge in [0.15, 0.2) is 6.61 Å². The molecule has 2 rings (SSSR count). The fourth-order valence-corrected chi connectivity index (χ4v) is 2.65. The van der Waals surface area contributed by atoms with Gasteiger partial charge in [-0.3, -0.25) is 4.79 Å². The van der Waals surface area contributed by atoms with Crippen LogP contribution in [0.1, 0.15) is 31.7 Å². The predicted octanol–water partition coefficient (Wildman–Crippen LogP) is 5.12. The molecule has 0 fully saturated rings. The zero-order chi connectivity index (χ0) is 16.8. The quantitative estimate of drug-likeness (QED) is 0.756. The number of rotatable bonds is 6. The van der Waals surface area contributed by atoms with Gasteiger partial charge in [0.05, 0.1) is 4.47 Å². The summed E-state index contributed by atoms with van der Waals surface area (Å²) in [5.41, 5.74) is 1.90. The number of amides is 1.